The molecular formula is C15H18N6O. The molecule has 1 aliphatic rings. The lowest BCUT2D eigenvalue weighted by atomic mass is 10.2. The third-order valence-corrected chi connectivity index (χ3v) is 3.54. The predicted octanol–water partition coefficient (Wildman–Crippen LogP) is 2.13. The summed E-state index contributed by atoms with van der Waals surface area (Å²) >= 11 is 0. The molecule has 0 radical (unpaired) electrons. The van der Waals surface area contributed by atoms with Crippen LogP contribution in [0, 0.1) is 0 Å². The molecule has 0 bridgehead atoms. The van der Waals surface area contributed by atoms with Crippen LogP contribution in [0.15, 0.2) is 36.5 Å². The van der Waals surface area contributed by atoms with Crippen molar-refractivity contribution < 1.29 is 4.79 Å². The number of nitrogens with zero attached hydrogens (tertiary/aromatic N) is 4. The Morgan fingerprint density at radius 3 is 2.82 bits per heavy atom. The van der Waals surface area contributed by atoms with Crippen molar-refractivity contribution in [1.29, 1.82) is 0 Å². The number of aromatic nitrogens is 2. The molecule has 1 aliphatic heterocycles. The normalized spacial score (nSPS) is 14.4. The second-order valence-corrected chi connectivity index (χ2v) is 5.05. The van der Waals surface area contributed by atoms with Crippen molar-refractivity contribution in [2.24, 2.45) is 0 Å². The topological polar surface area (TPSA) is 73.4 Å². The Bertz CT molecular complexity index is 689. The average Bonchev–Trinajstić information content (AvgIpc) is 2.87. The number of hydrogen-bond donors (Lipinski definition) is 2. The zero-order valence-electron chi connectivity index (χ0n) is 12.6. The quantitative estimate of drug-likeness (QED) is 0.904. The molecule has 2 aromatic rings. The van der Waals surface area contributed by atoms with E-state index in [9.17, 15) is 4.79 Å². The molecule has 22 heavy (non-hydrogen) atoms. The number of benzene rings is 1. The van der Waals surface area contributed by atoms with E-state index in [2.05, 4.69) is 20.6 Å². The number of urea groups is 1. The minimum absolute atomic E-state index is 0.0191. The summed E-state index contributed by atoms with van der Waals surface area (Å²) in [7, 11) is 3.61. The van der Waals surface area contributed by atoms with Crippen LogP contribution in [-0.2, 0) is 0 Å². The van der Waals surface area contributed by atoms with Crippen molar-refractivity contribution in [2.45, 2.75) is 0 Å². The van der Waals surface area contributed by atoms with E-state index in [4.69, 9.17) is 0 Å². The van der Waals surface area contributed by atoms with Crippen molar-refractivity contribution in [3.05, 3.63) is 36.5 Å². The fourth-order valence-electron chi connectivity index (χ4n) is 2.33. The van der Waals surface area contributed by atoms with Crippen molar-refractivity contribution in [3.8, 4) is 0 Å². The van der Waals surface area contributed by atoms with Gasteiger partial charge in [-0.25, -0.2) is 9.78 Å². The van der Waals surface area contributed by atoms with E-state index in [1.54, 1.807) is 22.1 Å². The first-order valence-electron chi connectivity index (χ1n) is 7.08. The SMILES string of the molecule is CNc1ccnc(Nc2cccc(N3CCN(C)C3=O)c2)n1. The number of anilines is 4. The van der Waals surface area contributed by atoms with Gasteiger partial charge in [-0.2, -0.15) is 4.98 Å². The zero-order chi connectivity index (χ0) is 15.5. The van der Waals surface area contributed by atoms with Gasteiger partial charge < -0.3 is 15.5 Å². The molecule has 1 saturated heterocycles. The minimum Gasteiger partial charge on any atom is -0.373 e. The molecule has 0 atom stereocenters. The Kier molecular flexibility index (Phi) is 3.78. The minimum atomic E-state index is 0.0191. The van der Waals surface area contributed by atoms with E-state index in [0.717, 1.165) is 23.7 Å². The maximum absolute atomic E-state index is 12.1. The van der Waals surface area contributed by atoms with Gasteiger partial charge in [0.15, 0.2) is 0 Å². The molecule has 0 spiro atoms. The molecule has 2 heterocycles. The molecular weight excluding hydrogens is 280 g/mol. The van der Waals surface area contributed by atoms with Gasteiger partial charge in [-0.05, 0) is 24.3 Å². The number of carbonyl (C=O) groups is 1. The van der Waals surface area contributed by atoms with Gasteiger partial charge in [0, 0.05) is 44.8 Å². The number of carbonyl (C=O) groups excluding carboxylic acids is 1. The molecule has 114 valence electrons. The molecule has 1 aromatic carbocycles. The van der Waals surface area contributed by atoms with Crippen molar-refractivity contribution in [1.82, 2.24) is 14.9 Å². The highest BCUT2D eigenvalue weighted by Gasteiger charge is 2.26. The monoisotopic (exact) mass is 298 g/mol. The Labute approximate surface area is 129 Å². The van der Waals surface area contributed by atoms with Gasteiger partial charge in [-0.15, -0.1) is 0 Å². The third kappa shape index (κ3) is 2.78. The van der Waals surface area contributed by atoms with Gasteiger partial charge in [0.25, 0.3) is 0 Å². The summed E-state index contributed by atoms with van der Waals surface area (Å²) in [5.41, 5.74) is 1.71. The second kappa shape index (κ2) is 5.88. The summed E-state index contributed by atoms with van der Waals surface area (Å²) in [6, 6.07) is 9.49. The van der Waals surface area contributed by atoms with E-state index in [1.807, 2.05) is 38.4 Å². The first-order valence-corrected chi connectivity index (χ1v) is 7.08. The van der Waals surface area contributed by atoms with E-state index in [-0.39, 0.29) is 6.03 Å². The number of likely N-dealkylation sites (N-methyl/N-ethyl adjacent to an activating group) is 1. The van der Waals surface area contributed by atoms with Crippen LogP contribution in [0.4, 0.5) is 27.9 Å². The fourth-order valence-corrected chi connectivity index (χ4v) is 2.33. The number of rotatable bonds is 4. The summed E-state index contributed by atoms with van der Waals surface area (Å²) in [5, 5.41) is 6.13. The second-order valence-electron chi connectivity index (χ2n) is 5.05. The number of amides is 2. The summed E-state index contributed by atoms with van der Waals surface area (Å²) in [6.45, 7) is 1.44. The highest BCUT2D eigenvalue weighted by atomic mass is 16.2. The lowest BCUT2D eigenvalue weighted by Gasteiger charge is -2.17. The summed E-state index contributed by atoms with van der Waals surface area (Å²) in [6.07, 6.45) is 1.68. The highest BCUT2D eigenvalue weighted by Crippen LogP contribution is 2.24. The van der Waals surface area contributed by atoms with Crippen LogP contribution in [0.3, 0.4) is 0 Å². The van der Waals surface area contributed by atoms with Crippen LogP contribution >= 0.6 is 0 Å². The standard InChI is InChI=1S/C15H18N6O/c1-16-13-6-7-17-14(19-13)18-11-4-3-5-12(10-11)21-9-8-20(2)15(21)22/h3-7,10H,8-9H2,1-2H3,(H2,16,17,18,19). The first-order chi connectivity index (χ1) is 10.7. The van der Waals surface area contributed by atoms with Gasteiger partial charge in [-0.3, -0.25) is 4.90 Å². The fraction of sp³-hybridized carbons (Fsp3) is 0.267. The zero-order valence-corrected chi connectivity index (χ0v) is 12.6. The molecule has 1 fully saturated rings. The van der Waals surface area contributed by atoms with Gasteiger partial charge >= 0.3 is 6.03 Å². The van der Waals surface area contributed by atoms with Crippen LogP contribution in [0.2, 0.25) is 0 Å². The number of hydrogen-bond acceptors (Lipinski definition) is 5. The van der Waals surface area contributed by atoms with E-state index < -0.39 is 0 Å². The van der Waals surface area contributed by atoms with E-state index >= 15 is 0 Å². The van der Waals surface area contributed by atoms with Crippen LogP contribution in [0.1, 0.15) is 0 Å². The Hall–Kier alpha value is -2.83. The molecule has 0 aliphatic carbocycles. The lowest BCUT2D eigenvalue weighted by Crippen LogP contribution is -2.29. The number of nitrogens with one attached hydrogen (secondary N) is 2. The molecule has 3 rings (SSSR count). The molecule has 7 heteroatoms. The molecule has 7 nitrogen and oxygen atoms in total. The smallest absolute Gasteiger partial charge is 0.324 e. The van der Waals surface area contributed by atoms with Crippen LogP contribution in [0.25, 0.3) is 0 Å². The molecule has 2 amide bonds. The van der Waals surface area contributed by atoms with Crippen LogP contribution in [0.5, 0.6) is 0 Å². The summed E-state index contributed by atoms with van der Waals surface area (Å²) < 4.78 is 0. The van der Waals surface area contributed by atoms with Gasteiger partial charge in [0.1, 0.15) is 5.82 Å². The lowest BCUT2D eigenvalue weighted by molar-refractivity contribution is 0.229. The van der Waals surface area contributed by atoms with Gasteiger partial charge in [-0.1, -0.05) is 6.07 Å². The molecule has 0 saturated carbocycles. The largest absolute Gasteiger partial charge is 0.373 e. The van der Waals surface area contributed by atoms with Crippen molar-refractivity contribution >= 4 is 29.2 Å². The predicted molar refractivity (Wildman–Crippen MR) is 86.7 cm³/mol. The van der Waals surface area contributed by atoms with E-state index in [1.165, 1.54) is 0 Å². The van der Waals surface area contributed by atoms with Crippen molar-refractivity contribution in [2.75, 3.05) is 42.7 Å². The van der Waals surface area contributed by atoms with Gasteiger partial charge in [0.2, 0.25) is 5.95 Å². The van der Waals surface area contributed by atoms with E-state index in [0.29, 0.717) is 12.5 Å². The summed E-state index contributed by atoms with van der Waals surface area (Å²) in [5.74, 6) is 1.25. The van der Waals surface area contributed by atoms with Gasteiger partial charge in [0.05, 0.1) is 0 Å². The maximum atomic E-state index is 12.1. The third-order valence-electron chi connectivity index (χ3n) is 3.54. The average molecular weight is 298 g/mol. The maximum Gasteiger partial charge on any atom is 0.324 e. The first kappa shape index (κ1) is 14.1. The molecule has 2 N–H and O–H groups in total. The van der Waals surface area contributed by atoms with Crippen LogP contribution < -0.4 is 15.5 Å². The molecule has 0 unspecified atom stereocenters. The Morgan fingerprint density at radius 1 is 1.23 bits per heavy atom. The Morgan fingerprint density at radius 2 is 2.09 bits per heavy atom. The van der Waals surface area contributed by atoms with Crippen LogP contribution in [-0.4, -0.2) is 48.1 Å². The highest BCUT2D eigenvalue weighted by molar-refractivity contribution is 5.94. The summed E-state index contributed by atoms with van der Waals surface area (Å²) in [4.78, 5) is 24.0. The Balaban J connectivity index is 1.80. The van der Waals surface area contributed by atoms with Crippen molar-refractivity contribution in [3.63, 3.8) is 0 Å². The molecule has 1 aromatic heterocycles.